The van der Waals surface area contributed by atoms with Crippen LogP contribution >= 0.6 is 0 Å². The van der Waals surface area contributed by atoms with Gasteiger partial charge in [-0.05, 0) is 63.9 Å². The molecule has 38 heavy (non-hydrogen) atoms. The highest BCUT2D eigenvalue weighted by Gasteiger charge is 2.54. The number of rotatable bonds is 8. The first kappa shape index (κ1) is 26.9. The number of aryl methyl sites for hydroxylation is 2. The van der Waals surface area contributed by atoms with Crippen LogP contribution in [0.15, 0.2) is 30.3 Å². The van der Waals surface area contributed by atoms with Crippen LogP contribution in [0.4, 0.5) is 0 Å². The standard InChI is InChI=1S/C30H43N5O3/c1-4-5-15-35-28(36)25(20-23-11-18-38-19-12-23)31-29(37)30(35)13-16-34(17-14-30)27(24-9-7-6-8-10-24)26-21(2)32-33-22(26)3/h6-10,23,25,27H,4-5,11-20H2,1-3H3,(H,31,37)(H,32,33). The number of nitrogens with one attached hydrogen (secondary N) is 2. The van der Waals surface area contributed by atoms with E-state index in [4.69, 9.17) is 4.74 Å². The summed E-state index contributed by atoms with van der Waals surface area (Å²) in [5.74, 6) is 0.575. The van der Waals surface area contributed by atoms with Crippen LogP contribution in [-0.4, -0.2) is 76.2 Å². The van der Waals surface area contributed by atoms with Crippen molar-refractivity contribution in [2.45, 2.75) is 83.3 Å². The third-order valence-corrected chi connectivity index (χ3v) is 9.02. The molecule has 3 fully saturated rings. The van der Waals surface area contributed by atoms with Crippen LogP contribution in [0, 0.1) is 19.8 Å². The second kappa shape index (κ2) is 11.6. The molecule has 0 bridgehead atoms. The van der Waals surface area contributed by atoms with Crippen LogP contribution in [0.1, 0.15) is 80.4 Å². The summed E-state index contributed by atoms with van der Waals surface area (Å²) in [5.41, 5.74) is 3.73. The molecule has 1 aromatic heterocycles. The van der Waals surface area contributed by atoms with E-state index >= 15 is 0 Å². The van der Waals surface area contributed by atoms with Crippen molar-refractivity contribution in [2.24, 2.45) is 5.92 Å². The molecule has 2 N–H and O–H groups in total. The lowest BCUT2D eigenvalue weighted by Gasteiger charge is -2.53. The summed E-state index contributed by atoms with van der Waals surface area (Å²) in [6, 6.07) is 10.2. The molecule has 3 aliphatic heterocycles. The van der Waals surface area contributed by atoms with Gasteiger partial charge in [-0.1, -0.05) is 43.7 Å². The molecule has 0 aliphatic carbocycles. The van der Waals surface area contributed by atoms with Crippen LogP contribution in [0.5, 0.6) is 0 Å². The highest BCUT2D eigenvalue weighted by Crippen LogP contribution is 2.40. The van der Waals surface area contributed by atoms with Crippen molar-refractivity contribution in [3.05, 3.63) is 52.8 Å². The Balaban J connectivity index is 1.38. The first-order chi connectivity index (χ1) is 18.4. The van der Waals surface area contributed by atoms with Crippen LogP contribution in [-0.2, 0) is 14.3 Å². The Bertz CT molecular complexity index is 1080. The van der Waals surface area contributed by atoms with Gasteiger partial charge in [-0.15, -0.1) is 0 Å². The van der Waals surface area contributed by atoms with E-state index in [1.165, 1.54) is 11.1 Å². The number of nitrogens with zero attached hydrogens (tertiary/aromatic N) is 3. The molecule has 4 heterocycles. The summed E-state index contributed by atoms with van der Waals surface area (Å²) in [6.45, 7) is 9.88. The maximum atomic E-state index is 13.9. The zero-order valence-corrected chi connectivity index (χ0v) is 23.2. The molecule has 2 unspecified atom stereocenters. The first-order valence-electron chi connectivity index (χ1n) is 14.4. The molecule has 0 radical (unpaired) electrons. The summed E-state index contributed by atoms with van der Waals surface area (Å²) in [6.07, 6.45) is 5.82. The highest BCUT2D eigenvalue weighted by molar-refractivity contribution is 6.00. The third-order valence-electron chi connectivity index (χ3n) is 9.02. The average molecular weight is 522 g/mol. The Morgan fingerprint density at radius 3 is 2.45 bits per heavy atom. The Kier molecular flexibility index (Phi) is 8.19. The monoisotopic (exact) mass is 521 g/mol. The van der Waals surface area contributed by atoms with Crippen molar-refractivity contribution in [1.82, 2.24) is 25.3 Å². The number of ether oxygens (including phenoxy) is 1. The van der Waals surface area contributed by atoms with Gasteiger partial charge in [-0.25, -0.2) is 0 Å². The number of H-pyrrole nitrogens is 1. The smallest absolute Gasteiger partial charge is 0.246 e. The van der Waals surface area contributed by atoms with Crippen LogP contribution in [0.3, 0.4) is 0 Å². The van der Waals surface area contributed by atoms with Crippen molar-refractivity contribution in [3.63, 3.8) is 0 Å². The van der Waals surface area contributed by atoms with Gasteiger partial charge in [0.15, 0.2) is 0 Å². The number of hydrogen-bond acceptors (Lipinski definition) is 5. The van der Waals surface area contributed by atoms with Crippen molar-refractivity contribution in [3.8, 4) is 0 Å². The Morgan fingerprint density at radius 2 is 1.82 bits per heavy atom. The molecule has 8 heteroatoms. The van der Waals surface area contributed by atoms with Gasteiger partial charge in [-0.2, -0.15) is 5.10 Å². The number of piperidine rings is 1. The lowest BCUT2D eigenvalue weighted by Crippen LogP contribution is -2.73. The van der Waals surface area contributed by atoms with Crippen LogP contribution in [0.25, 0.3) is 0 Å². The van der Waals surface area contributed by atoms with Crippen molar-refractivity contribution >= 4 is 11.8 Å². The summed E-state index contributed by atoms with van der Waals surface area (Å²) in [5, 5.41) is 10.8. The van der Waals surface area contributed by atoms with Gasteiger partial charge in [0.1, 0.15) is 11.6 Å². The zero-order chi connectivity index (χ0) is 26.7. The zero-order valence-electron chi connectivity index (χ0n) is 23.2. The van der Waals surface area contributed by atoms with E-state index in [-0.39, 0.29) is 17.9 Å². The quantitative estimate of drug-likeness (QED) is 0.550. The van der Waals surface area contributed by atoms with E-state index in [0.717, 1.165) is 63.4 Å². The van der Waals surface area contributed by atoms with Crippen molar-refractivity contribution in [2.75, 3.05) is 32.8 Å². The lowest BCUT2D eigenvalue weighted by molar-refractivity contribution is -0.162. The number of piperazine rings is 1. The van der Waals surface area contributed by atoms with Crippen LogP contribution < -0.4 is 5.32 Å². The Labute approximate surface area is 226 Å². The molecule has 2 amide bonds. The maximum Gasteiger partial charge on any atom is 0.246 e. The minimum Gasteiger partial charge on any atom is -0.381 e. The number of benzene rings is 1. The molecule has 8 nitrogen and oxygen atoms in total. The normalized spacial score (nSPS) is 23.6. The number of aromatic nitrogens is 2. The van der Waals surface area contributed by atoms with Gasteiger partial charge in [0.2, 0.25) is 11.8 Å². The topological polar surface area (TPSA) is 90.6 Å². The minimum atomic E-state index is -0.767. The van der Waals surface area contributed by atoms with E-state index in [1.54, 1.807) is 0 Å². The number of amides is 2. The summed E-state index contributed by atoms with van der Waals surface area (Å²) in [4.78, 5) is 32.2. The van der Waals surface area contributed by atoms with E-state index in [2.05, 4.69) is 65.5 Å². The molecular weight excluding hydrogens is 478 g/mol. The number of aromatic amines is 1. The van der Waals surface area contributed by atoms with Gasteiger partial charge in [0, 0.05) is 44.1 Å². The largest absolute Gasteiger partial charge is 0.381 e. The molecule has 0 saturated carbocycles. The number of carbonyl (C=O) groups excluding carboxylic acids is 2. The van der Waals surface area contributed by atoms with Crippen molar-refractivity contribution in [1.29, 1.82) is 0 Å². The predicted molar refractivity (Wildman–Crippen MR) is 147 cm³/mol. The molecule has 1 spiro atoms. The first-order valence-corrected chi connectivity index (χ1v) is 14.4. The number of unbranched alkanes of at least 4 members (excludes halogenated alkanes) is 1. The second-order valence-corrected chi connectivity index (χ2v) is 11.4. The lowest BCUT2D eigenvalue weighted by atomic mass is 9.79. The molecule has 3 saturated heterocycles. The van der Waals surface area contributed by atoms with Gasteiger partial charge in [-0.3, -0.25) is 19.6 Å². The predicted octanol–water partition coefficient (Wildman–Crippen LogP) is 3.89. The van der Waals surface area contributed by atoms with Gasteiger partial charge >= 0.3 is 0 Å². The van der Waals surface area contributed by atoms with E-state index in [9.17, 15) is 9.59 Å². The van der Waals surface area contributed by atoms with Crippen LogP contribution in [0.2, 0.25) is 0 Å². The van der Waals surface area contributed by atoms with Gasteiger partial charge in [0.05, 0.1) is 11.7 Å². The fourth-order valence-electron chi connectivity index (χ4n) is 6.80. The number of likely N-dealkylation sites (tertiary alicyclic amines) is 1. The third kappa shape index (κ3) is 5.13. The van der Waals surface area contributed by atoms with E-state index < -0.39 is 11.6 Å². The molecule has 2 atom stereocenters. The summed E-state index contributed by atoms with van der Waals surface area (Å²) < 4.78 is 5.51. The molecule has 1 aromatic carbocycles. The SMILES string of the molecule is CCCCN1C(=O)C(CC2CCOCC2)NC(=O)C12CCN(C(c1ccccc1)c1c(C)n[nH]c1C)CC2. The number of hydrogen-bond donors (Lipinski definition) is 2. The molecule has 2 aromatic rings. The van der Waals surface area contributed by atoms with Crippen molar-refractivity contribution < 1.29 is 14.3 Å². The Hall–Kier alpha value is -2.71. The van der Waals surface area contributed by atoms with E-state index in [1.807, 2.05) is 11.0 Å². The Morgan fingerprint density at radius 1 is 1.11 bits per heavy atom. The highest BCUT2D eigenvalue weighted by atomic mass is 16.5. The second-order valence-electron chi connectivity index (χ2n) is 11.4. The van der Waals surface area contributed by atoms with E-state index in [0.29, 0.717) is 31.7 Å². The summed E-state index contributed by atoms with van der Waals surface area (Å²) >= 11 is 0. The molecule has 206 valence electrons. The fourth-order valence-corrected chi connectivity index (χ4v) is 6.80. The van der Waals surface area contributed by atoms with Gasteiger partial charge in [0.25, 0.3) is 0 Å². The molecule has 5 rings (SSSR count). The maximum absolute atomic E-state index is 13.9. The fraction of sp³-hybridized carbons (Fsp3) is 0.633. The summed E-state index contributed by atoms with van der Waals surface area (Å²) in [7, 11) is 0. The molecule has 3 aliphatic rings. The average Bonchev–Trinajstić information content (AvgIpc) is 3.27. The molecular formula is C30H43N5O3. The number of carbonyl (C=O) groups is 2. The van der Waals surface area contributed by atoms with Gasteiger partial charge < -0.3 is 15.0 Å². The minimum absolute atomic E-state index is 0.0387.